The molecule has 0 spiro atoms. The molecule has 0 saturated carbocycles. The summed E-state index contributed by atoms with van der Waals surface area (Å²) in [5.74, 6) is -0.553. The molecular weight excluding hydrogens is 276 g/mol. The van der Waals surface area contributed by atoms with Gasteiger partial charge in [0.15, 0.2) is 9.84 Å². The van der Waals surface area contributed by atoms with Crippen molar-refractivity contribution in [2.24, 2.45) is 11.7 Å². The third-order valence-electron chi connectivity index (χ3n) is 3.47. The summed E-state index contributed by atoms with van der Waals surface area (Å²) >= 11 is 0. The highest BCUT2D eigenvalue weighted by Gasteiger charge is 2.32. The van der Waals surface area contributed by atoms with E-state index in [0.717, 1.165) is 18.4 Å². The molecule has 110 valence electrons. The molecule has 1 aliphatic heterocycles. The van der Waals surface area contributed by atoms with Crippen LogP contribution in [0.15, 0.2) is 24.3 Å². The molecule has 1 saturated heterocycles. The van der Waals surface area contributed by atoms with E-state index in [4.69, 9.17) is 5.73 Å². The Hall–Kier alpha value is -1.40. The number of amides is 1. The molecule has 1 unspecified atom stereocenters. The monoisotopic (exact) mass is 296 g/mol. The van der Waals surface area contributed by atoms with Crippen LogP contribution in [-0.4, -0.2) is 32.4 Å². The van der Waals surface area contributed by atoms with Gasteiger partial charge in [0.05, 0.1) is 17.4 Å². The zero-order chi connectivity index (χ0) is 14.6. The number of sulfone groups is 1. The van der Waals surface area contributed by atoms with Gasteiger partial charge < -0.3 is 11.1 Å². The van der Waals surface area contributed by atoms with Crippen molar-refractivity contribution in [3.8, 4) is 0 Å². The summed E-state index contributed by atoms with van der Waals surface area (Å²) in [6.07, 6.45) is 2.19. The molecule has 1 amide bonds. The molecule has 1 atom stereocenters. The van der Waals surface area contributed by atoms with Gasteiger partial charge in [-0.25, -0.2) is 8.42 Å². The Morgan fingerprint density at radius 2 is 2.20 bits per heavy atom. The predicted octanol–water partition coefficient (Wildman–Crippen LogP) is 0.951. The molecule has 0 aromatic heterocycles. The van der Waals surface area contributed by atoms with Crippen molar-refractivity contribution < 1.29 is 13.2 Å². The van der Waals surface area contributed by atoms with Gasteiger partial charge in [-0.1, -0.05) is 12.1 Å². The van der Waals surface area contributed by atoms with Gasteiger partial charge in [0, 0.05) is 5.69 Å². The summed E-state index contributed by atoms with van der Waals surface area (Å²) in [4.78, 5) is 12.0. The summed E-state index contributed by atoms with van der Waals surface area (Å²) in [6, 6.07) is 7.60. The number of rotatable bonds is 5. The zero-order valence-electron chi connectivity index (χ0n) is 11.3. The molecule has 1 fully saturated rings. The van der Waals surface area contributed by atoms with E-state index in [-0.39, 0.29) is 17.4 Å². The highest BCUT2D eigenvalue weighted by atomic mass is 32.2. The number of carbonyl (C=O) groups is 1. The SMILES string of the molecule is NCCCc1cccc(NC(=O)C2CCS(=O)(=O)C2)c1. The fraction of sp³-hybridized carbons (Fsp3) is 0.500. The summed E-state index contributed by atoms with van der Waals surface area (Å²) in [5, 5.41) is 2.80. The Kier molecular flexibility index (Phi) is 4.77. The molecule has 0 radical (unpaired) electrons. The Morgan fingerprint density at radius 3 is 2.85 bits per heavy atom. The lowest BCUT2D eigenvalue weighted by atomic mass is 10.1. The largest absolute Gasteiger partial charge is 0.330 e. The van der Waals surface area contributed by atoms with Crippen LogP contribution < -0.4 is 11.1 Å². The topological polar surface area (TPSA) is 89.3 Å². The van der Waals surface area contributed by atoms with Crippen molar-refractivity contribution >= 4 is 21.4 Å². The third kappa shape index (κ3) is 4.05. The van der Waals surface area contributed by atoms with Gasteiger partial charge in [-0.2, -0.15) is 0 Å². The van der Waals surface area contributed by atoms with E-state index in [9.17, 15) is 13.2 Å². The first-order chi connectivity index (χ1) is 9.50. The second-order valence-corrected chi connectivity index (χ2v) is 7.41. The standard InChI is InChI=1S/C14H20N2O3S/c15-7-2-4-11-3-1-5-13(9-11)16-14(17)12-6-8-20(18,19)10-12/h1,3,5,9,12H,2,4,6-8,10,15H2,(H,16,17). The molecule has 1 aromatic rings. The Morgan fingerprint density at radius 1 is 1.40 bits per heavy atom. The van der Waals surface area contributed by atoms with Gasteiger partial charge >= 0.3 is 0 Å². The van der Waals surface area contributed by atoms with Crippen molar-refractivity contribution in [3.63, 3.8) is 0 Å². The molecule has 1 aliphatic rings. The lowest BCUT2D eigenvalue weighted by Crippen LogP contribution is -2.23. The number of anilines is 1. The summed E-state index contributed by atoms with van der Waals surface area (Å²) in [7, 11) is -3.03. The fourth-order valence-corrected chi connectivity index (χ4v) is 4.10. The normalized spacial score (nSPS) is 20.8. The molecule has 0 aliphatic carbocycles. The van der Waals surface area contributed by atoms with Gasteiger partial charge in [-0.3, -0.25) is 4.79 Å². The number of carbonyl (C=O) groups excluding carboxylic acids is 1. The van der Waals surface area contributed by atoms with Gasteiger partial charge in [0.25, 0.3) is 0 Å². The second-order valence-electron chi connectivity index (χ2n) is 5.18. The van der Waals surface area contributed by atoms with Crippen LogP contribution in [0.25, 0.3) is 0 Å². The quantitative estimate of drug-likeness (QED) is 0.846. The number of aryl methyl sites for hydroxylation is 1. The first kappa shape index (κ1) is 15.0. The molecule has 6 heteroatoms. The van der Waals surface area contributed by atoms with Gasteiger partial charge in [-0.05, 0) is 43.5 Å². The summed E-state index contributed by atoms with van der Waals surface area (Å²) < 4.78 is 22.8. The van der Waals surface area contributed by atoms with Crippen LogP contribution in [0.3, 0.4) is 0 Å². The maximum atomic E-state index is 12.0. The maximum Gasteiger partial charge on any atom is 0.228 e. The molecule has 2 rings (SSSR count). The van der Waals surface area contributed by atoms with E-state index in [1.807, 2.05) is 24.3 Å². The van der Waals surface area contributed by atoms with Crippen LogP contribution in [-0.2, 0) is 21.1 Å². The number of nitrogens with two attached hydrogens (primary N) is 1. The minimum absolute atomic E-state index is 0.0360. The summed E-state index contributed by atoms with van der Waals surface area (Å²) in [5.41, 5.74) is 7.31. The van der Waals surface area contributed by atoms with Crippen LogP contribution in [0, 0.1) is 5.92 Å². The molecular formula is C14H20N2O3S. The first-order valence-corrected chi connectivity index (χ1v) is 8.62. The highest BCUT2D eigenvalue weighted by molar-refractivity contribution is 7.91. The minimum atomic E-state index is -3.03. The Balaban J connectivity index is 1.97. The lowest BCUT2D eigenvalue weighted by molar-refractivity contribution is -0.119. The second kappa shape index (κ2) is 6.37. The van der Waals surface area contributed by atoms with E-state index in [1.165, 1.54) is 0 Å². The molecule has 0 bridgehead atoms. The number of hydrogen-bond acceptors (Lipinski definition) is 4. The molecule has 1 heterocycles. The zero-order valence-corrected chi connectivity index (χ0v) is 12.2. The number of nitrogens with one attached hydrogen (secondary N) is 1. The highest BCUT2D eigenvalue weighted by Crippen LogP contribution is 2.21. The van der Waals surface area contributed by atoms with Crippen molar-refractivity contribution in [1.82, 2.24) is 0 Å². The average molecular weight is 296 g/mol. The van der Waals surface area contributed by atoms with Crippen molar-refractivity contribution in [2.45, 2.75) is 19.3 Å². The van der Waals surface area contributed by atoms with Crippen molar-refractivity contribution in [1.29, 1.82) is 0 Å². The molecule has 20 heavy (non-hydrogen) atoms. The average Bonchev–Trinajstić information content (AvgIpc) is 2.77. The van der Waals surface area contributed by atoms with Crippen LogP contribution in [0.1, 0.15) is 18.4 Å². The molecule has 5 nitrogen and oxygen atoms in total. The van der Waals surface area contributed by atoms with Gasteiger partial charge in [0.1, 0.15) is 0 Å². The van der Waals surface area contributed by atoms with Crippen molar-refractivity contribution in [3.05, 3.63) is 29.8 Å². The Labute approximate surface area is 119 Å². The van der Waals surface area contributed by atoms with Gasteiger partial charge in [-0.15, -0.1) is 0 Å². The van der Waals surface area contributed by atoms with Crippen LogP contribution >= 0.6 is 0 Å². The minimum Gasteiger partial charge on any atom is -0.330 e. The van der Waals surface area contributed by atoms with Crippen LogP contribution in [0.4, 0.5) is 5.69 Å². The molecule has 3 N–H and O–H groups in total. The van der Waals surface area contributed by atoms with Crippen LogP contribution in [0.2, 0.25) is 0 Å². The maximum absolute atomic E-state index is 12.0. The van der Waals surface area contributed by atoms with E-state index in [0.29, 0.717) is 18.7 Å². The fourth-order valence-electron chi connectivity index (χ4n) is 2.36. The van der Waals surface area contributed by atoms with Gasteiger partial charge in [0.2, 0.25) is 5.91 Å². The van der Waals surface area contributed by atoms with E-state index in [2.05, 4.69) is 5.32 Å². The Bertz CT molecular complexity index is 584. The van der Waals surface area contributed by atoms with E-state index >= 15 is 0 Å². The smallest absolute Gasteiger partial charge is 0.228 e. The lowest BCUT2D eigenvalue weighted by Gasteiger charge is -2.10. The predicted molar refractivity (Wildman–Crippen MR) is 79.2 cm³/mol. The third-order valence-corrected chi connectivity index (χ3v) is 5.24. The van der Waals surface area contributed by atoms with E-state index < -0.39 is 15.8 Å². The number of benzene rings is 1. The van der Waals surface area contributed by atoms with E-state index in [1.54, 1.807) is 0 Å². The van der Waals surface area contributed by atoms with Crippen molar-refractivity contribution in [2.75, 3.05) is 23.4 Å². The van der Waals surface area contributed by atoms with Crippen LogP contribution in [0.5, 0.6) is 0 Å². The molecule has 1 aromatic carbocycles. The summed E-state index contributed by atoms with van der Waals surface area (Å²) in [6.45, 7) is 0.635. The first-order valence-electron chi connectivity index (χ1n) is 6.80. The number of hydrogen-bond donors (Lipinski definition) is 2.